The number of aromatic nitrogens is 3. The van der Waals surface area contributed by atoms with Gasteiger partial charge in [-0.15, -0.1) is 5.10 Å². The Balaban J connectivity index is 2.20. The van der Waals surface area contributed by atoms with E-state index in [2.05, 4.69) is 10.3 Å². The first kappa shape index (κ1) is 13.2. The van der Waals surface area contributed by atoms with Crippen LogP contribution in [0.3, 0.4) is 0 Å². The molecule has 0 N–H and O–H groups in total. The molecular formula is C17H15N3O. The van der Waals surface area contributed by atoms with Crippen molar-refractivity contribution in [3.8, 4) is 0 Å². The number of hydrogen-bond donors (Lipinski definition) is 0. The summed E-state index contributed by atoms with van der Waals surface area (Å²) < 4.78 is 1.72. The zero-order valence-electron chi connectivity index (χ0n) is 11.7. The second-order valence-electron chi connectivity index (χ2n) is 4.71. The molecule has 0 atom stereocenters. The van der Waals surface area contributed by atoms with Crippen LogP contribution in [0.4, 0.5) is 0 Å². The van der Waals surface area contributed by atoms with Gasteiger partial charge in [0.05, 0.1) is 11.2 Å². The van der Waals surface area contributed by atoms with Crippen LogP contribution in [0, 0.1) is 0 Å². The Labute approximate surface area is 122 Å². The summed E-state index contributed by atoms with van der Waals surface area (Å²) in [4.78, 5) is 11.9. The normalized spacial score (nSPS) is 11.8. The van der Waals surface area contributed by atoms with Crippen LogP contribution in [-0.4, -0.2) is 20.8 Å². The quantitative estimate of drug-likeness (QED) is 0.687. The van der Waals surface area contributed by atoms with Gasteiger partial charge in [-0.3, -0.25) is 4.79 Å². The molecule has 3 aromatic rings. The molecule has 1 aromatic heterocycles. The Morgan fingerprint density at radius 1 is 1.10 bits per heavy atom. The fourth-order valence-electron chi connectivity index (χ4n) is 2.18. The number of para-hydroxylation sites is 1. The molecule has 2 aromatic carbocycles. The van der Waals surface area contributed by atoms with E-state index >= 15 is 0 Å². The standard InChI is InChI=1S/C17H15N3O/c1-2-14(21)12-17(13-8-4-3-5-9-13)20-16-11-7-6-10-15(16)18-19-20/h3-12H,2H2,1H3. The Bertz CT molecular complexity index is 803. The summed E-state index contributed by atoms with van der Waals surface area (Å²) in [5, 5.41) is 8.36. The molecule has 0 aliphatic rings. The number of benzene rings is 2. The molecule has 0 spiro atoms. The van der Waals surface area contributed by atoms with Crippen molar-refractivity contribution in [1.82, 2.24) is 15.0 Å². The lowest BCUT2D eigenvalue weighted by Crippen LogP contribution is -2.04. The summed E-state index contributed by atoms with van der Waals surface area (Å²) >= 11 is 0. The van der Waals surface area contributed by atoms with E-state index in [0.29, 0.717) is 6.42 Å². The van der Waals surface area contributed by atoms with Crippen molar-refractivity contribution in [3.05, 3.63) is 66.2 Å². The van der Waals surface area contributed by atoms with Crippen LogP contribution in [-0.2, 0) is 4.79 Å². The second kappa shape index (κ2) is 5.71. The Morgan fingerprint density at radius 2 is 1.81 bits per heavy atom. The predicted molar refractivity (Wildman–Crippen MR) is 82.6 cm³/mol. The Kier molecular flexibility index (Phi) is 3.60. The van der Waals surface area contributed by atoms with Gasteiger partial charge in [0.15, 0.2) is 5.78 Å². The number of fused-ring (bicyclic) bond motifs is 1. The van der Waals surface area contributed by atoms with Crippen LogP contribution in [0.15, 0.2) is 60.7 Å². The highest BCUT2D eigenvalue weighted by Crippen LogP contribution is 2.21. The molecule has 0 aliphatic carbocycles. The van der Waals surface area contributed by atoms with E-state index in [9.17, 15) is 4.79 Å². The molecule has 3 rings (SSSR count). The van der Waals surface area contributed by atoms with Crippen LogP contribution in [0.2, 0.25) is 0 Å². The lowest BCUT2D eigenvalue weighted by molar-refractivity contribution is -0.114. The summed E-state index contributed by atoms with van der Waals surface area (Å²) in [6.45, 7) is 1.85. The fraction of sp³-hybridized carbons (Fsp3) is 0.118. The van der Waals surface area contributed by atoms with Gasteiger partial charge in [0, 0.05) is 18.1 Å². The van der Waals surface area contributed by atoms with Crippen molar-refractivity contribution in [1.29, 1.82) is 0 Å². The van der Waals surface area contributed by atoms with E-state index in [1.54, 1.807) is 10.8 Å². The van der Waals surface area contributed by atoms with E-state index in [4.69, 9.17) is 0 Å². The summed E-state index contributed by atoms with van der Waals surface area (Å²) in [7, 11) is 0. The lowest BCUT2D eigenvalue weighted by Gasteiger charge is -2.08. The SMILES string of the molecule is CCC(=O)C=C(c1ccccc1)n1nnc2ccccc21. The van der Waals surface area contributed by atoms with Crippen molar-refractivity contribution < 1.29 is 4.79 Å². The third-order valence-electron chi connectivity index (χ3n) is 3.30. The molecule has 21 heavy (non-hydrogen) atoms. The molecule has 1 heterocycles. The Morgan fingerprint density at radius 3 is 2.57 bits per heavy atom. The van der Waals surface area contributed by atoms with E-state index in [1.807, 2.05) is 61.5 Å². The number of rotatable bonds is 4. The van der Waals surface area contributed by atoms with Crippen molar-refractivity contribution in [3.63, 3.8) is 0 Å². The third kappa shape index (κ3) is 2.60. The second-order valence-corrected chi connectivity index (χ2v) is 4.71. The molecule has 0 radical (unpaired) electrons. The maximum Gasteiger partial charge on any atom is 0.157 e. The molecule has 0 saturated heterocycles. The number of allylic oxidation sites excluding steroid dienone is 1. The minimum absolute atomic E-state index is 0.0634. The van der Waals surface area contributed by atoms with Crippen LogP contribution >= 0.6 is 0 Å². The zero-order valence-corrected chi connectivity index (χ0v) is 11.7. The van der Waals surface area contributed by atoms with Crippen molar-refractivity contribution in [2.24, 2.45) is 0 Å². The zero-order chi connectivity index (χ0) is 14.7. The van der Waals surface area contributed by atoms with Crippen molar-refractivity contribution in [2.75, 3.05) is 0 Å². The van der Waals surface area contributed by atoms with Gasteiger partial charge in [-0.05, 0) is 12.1 Å². The minimum Gasteiger partial charge on any atom is -0.295 e. The molecule has 4 heteroatoms. The third-order valence-corrected chi connectivity index (χ3v) is 3.30. The largest absolute Gasteiger partial charge is 0.295 e. The number of carbonyl (C=O) groups excluding carboxylic acids is 1. The molecule has 0 unspecified atom stereocenters. The molecule has 104 valence electrons. The number of nitrogens with zero attached hydrogens (tertiary/aromatic N) is 3. The van der Waals surface area contributed by atoms with E-state index in [-0.39, 0.29) is 5.78 Å². The monoisotopic (exact) mass is 277 g/mol. The Hall–Kier alpha value is -2.75. The summed E-state index contributed by atoms with van der Waals surface area (Å²) in [5.74, 6) is 0.0634. The highest BCUT2D eigenvalue weighted by Gasteiger charge is 2.11. The van der Waals surface area contributed by atoms with Gasteiger partial charge in [-0.25, -0.2) is 4.68 Å². The van der Waals surface area contributed by atoms with Gasteiger partial charge < -0.3 is 0 Å². The maximum atomic E-state index is 11.9. The first-order chi connectivity index (χ1) is 10.3. The topological polar surface area (TPSA) is 47.8 Å². The molecule has 0 amide bonds. The molecule has 0 bridgehead atoms. The lowest BCUT2D eigenvalue weighted by atomic mass is 10.1. The molecule has 0 aliphatic heterocycles. The van der Waals surface area contributed by atoms with Gasteiger partial charge in [0.25, 0.3) is 0 Å². The van der Waals surface area contributed by atoms with Crippen LogP contribution in [0.5, 0.6) is 0 Å². The molecule has 0 saturated carbocycles. The summed E-state index contributed by atoms with van der Waals surface area (Å²) in [5.41, 5.74) is 3.38. The summed E-state index contributed by atoms with van der Waals surface area (Å²) in [6, 6.07) is 17.5. The average Bonchev–Trinajstić information content (AvgIpc) is 2.97. The van der Waals surface area contributed by atoms with Crippen molar-refractivity contribution >= 4 is 22.5 Å². The van der Waals surface area contributed by atoms with Gasteiger partial charge in [0.1, 0.15) is 5.52 Å². The number of ketones is 1. The van der Waals surface area contributed by atoms with Gasteiger partial charge in [-0.2, -0.15) is 0 Å². The van der Waals surface area contributed by atoms with Crippen LogP contribution in [0.25, 0.3) is 16.7 Å². The maximum absolute atomic E-state index is 11.9. The first-order valence-corrected chi connectivity index (χ1v) is 6.90. The van der Waals surface area contributed by atoms with Crippen molar-refractivity contribution in [2.45, 2.75) is 13.3 Å². The highest BCUT2D eigenvalue weighted by atomic mass is 16.1. The average molecular weight is 277 g/mol. The van der Waals surface area contributed by atoms with Gasteiger partial charge in [0.2, 0.25) is 0 Å². The van der Waals surface area contributed by atoms with E-state index < -0.39 is 0 Å². The minimum atomic E-state index is 0.0634. The van der Waals surface area contributed by atoms with Crippen LogP contribution in [0.1, 0.15) is 18.9 Å². The van der Waals surface area contributed by atoms with E-state index in [0.717, 1.165) is 22.3 Å². The highest BCUT2D eigenvalue weighted by molar-refractivity contribution is 5.97. The fourth-order valence-corrected chi connectivity index (χ4v) is 2.18. The molecule has 0 fully saturated rings. The molecule has 4 nitrogen and oxygen atoms in total. The predicted octanol–water partition coefficient (Wildman–Crippen LogP) is 3.30. The van der Waals surface area contributed by atoms with E-state index in [1.165, 1.54) is 0 Å². The number of carbonyl (C=O) groups is 1. The van der Waals surface area contributed by atoms with Gasteiger partial charge >= 0.3 is 0 Å². The van der Waals surface area contributed by atoms with Gasteiger partial charge in [-0.1, -0.05) is 54.6 Å². The molecular weight excluding hydrogens is 262 g/mol. The van der Waals surface area contributed by atoms with Crippen LogP contribution < -0.4 is 0 Å². The smallest absolute Gasteiger partial charge is 0.157 e. The number of hydrogen-bond acceptors (Lipinski definition) is 3. The first-order valence-electron chi connectivity index (χ1n) is 6.90. The summed E-state index contributed by atoms with van der Waals surface area (Å²) in [6.07, 6.45) is 2.10.